The van der Waals surface area contributed by atoms with E-state index in [0.29, 0.717) is 47.6 Å². The van der Waals surface area contributed by atoms with E-state index < -0.39 is 17.8 Å². The number of urea groups is 1. The molecule has 1 aliphatic rings. The lowest BCUT2D eigenvalue weighted by Crippen LogP contribution is -2.54. The molecule has 1 fully saturated rings. The van der Waals surface area contributed by atoms with Crippen molar-refractivity contribution in [2.75, 3.05) is 31.8 Å². The molecule has 1 N–H and O–H groups in total. The molecule has 0 radical (unpaired) electrons. The quantitative estimate of drug-likeness (QED) is 0.172. The number of barbiturate groups is 1. The van der Waals surface area contributed by atoms with Crippen LogP contribution in [0.2, 0.25) is 0 Å². The van der Waals surface area contributed by atoms with Gasteiger partial charge in [-0.05, 0) is 85.0 Å². The van der Waals surface area contributed by atoms with E-state index in [1.807, 2.05) is 19.1 Å². The third-order valence-corrected chi connectivity index (χ3v) is 6.68. The SMILES string of the molecule is CCOc1cc(/C=C2/C(=O)NC(=O)N(c3ccc(OC)cc3)C2=O)ccc1OCCOc1ccc([C@@H](C)CC)cc1. The van der Waals surface area contributed by atoms with Crippen LogP contribution < -0.4 is 29.2 Å². The van der Waals surface area contributed by atoms with E-state index >= 15 is 0 Å². The van der Waals surface area contributed by atoms with Crippen molar-refractivity contribution in [2.45, 2.75) is 33.1 Å². The molecule has 0 bridgehead atoms. The zero-order valence-corrected chi connectivity index (χ0v) is 23.6. The van der Waals surface area contributed by atoms with Crippen molar-refractivity contribution < 1.29 is 33.3 Å². The first-order valence-electron chi connectivity index (χ1n) is 13.5. The minimum absolute atomic E-state index is 0.190. The number of methoxy groups -OCH3 is 1. The highest BCUT2D eigenvalue weighted by Gasteiger charge is 2.36. The lowest BCUT2D eigenvalue weighted by atomic mass is 9.99. The molecule has 1 saturated heterocycles. The molecular formula is C32H34N2O7. The van der Waals surface area contributed by atoms with E-state index in [4.69, 9.17) is 18.9 Å². The molecule has 3 aromatic rings. The third kappa shape index (κ3) is 7.05. The second-order valence-corrected chi connectivity index (χ2v) is 9.37. The van der Waals surface area contributed by atoms with Gasteiger partial charge in [0.25, 0.3) is 11.8 Å². The van der Waals surface area contributed by atoms with Crippen molar-refractivity contribution in [3.8, 4) is 23.0 Å². The van der Waals surface area contributed by atoms with Crippen molar-refractivity contribution in [2.24, 2.45) is 0 Å². The number of nitrogens with zero attached hydrogens (tertiary/aromatic N) is 1. The third-order valence-electron chi connectivity index (χ3n) is 6.68. The number of carbonyl (C=O) groups is 3. The summed E-state index contributed by atoms with van der Waals surface area (Å²) < 4.78 is 22.6. The van der Waals surface area contributed by atoms with Crippen LogP contribution >= 0.6 is 0 Å². The van der Waals surface area contributed by atoms with Crippen LogP contribution in [0.3, 0.4) is 0 Å². The van der Waals surface area contributed by atoms with Crippen LogP contribution in [0.15, 0.2) is 72.3 Å². The van der Waals surface area contributed by atoms with Crippen LogP contribution in [0, 0.1) is 0 Å². The second-order valence-electron chi connectivity index (χ2n) is 9.37. The van der Waals surface area contributed by atoms with Crippen LogP contribution in [-0.2, 0) is 9.59 Å². The predicted molar refractivity (Wildman–Crippen MR) is 156 cm³/mol. The number of imide groups is 2. The van der Waals surface area contributed by atoms with Gasteiger partial charge >= 0.3 is 6.03 Å². The highest BCUT2D eigenvalue weighted by molar-refractivity contribution is 6.39. The van der Waals surface area contributed by atoms with Crippen molar-refractivity contribution in [1.82, 2.24) is 5.32 Å². The Hall–Kier alpha value is -4.79. The summed E-state index contributed by atoms with van der Waals surface area (Å²) in [6, 6.07) is 18.7. The maximum Gasteiger partial charge on any atom is 0.335 e. The minimum atomic E-state index is -0.824. The van der Waals surface area contributed by atoms with Gasteiger partial charge in [-0.1, -0.05) is 32.0 Å². The molecule has 214 valence electrons. The number of amides is 4. The van der Waals surface area contributed by atoms with Gasteiger partial charge in [0.05, 0.1) is 19.4 Å². The van der Waals surface area contributed by atoms with E-state index in [1.165, 1.54) is 18.7 Å². The summed E-state index contributed by atoms with van der Waals surface area (Å²) >= 11 is 0. The molecule has 0 saturated carbocycles. The molecule has 4 rings (SSSR count). The fourth-order valence-electron chi connectivity index (χ4n) is 4.23. The number of rotatable bonds is 12. The molecule has 3 aromatic carbocycles. The number of nitrogens with one attached hydrogen (secondary N) is 1. The molecule has 9 heteroatoms. The molecule has 1 heterocycles. The zero-order valence-electron chi connectivity index (χ0n) is 23.6. The lowest BCUT2D eigenvalue weighted by molar-refractivity contribution is -0.122. The Morgan fingerprint density at radius 2 is 1.51 bits per heavy atom. The van der Waals surface area contributed by atoms with Crippen LogP contribution in [0.4, 0.5) is 10.5 Å². The highest BCUT2D eigenvalue weighted by Crippen LogP contribution is 2.31. The van der Waals surface area contributed by atoms with Crippen molar-refractivity contribution in [3.63, 3.8) is 0 Å². The number of benzene rings is 3. The number of hydrogen-bond donors (Lipinski definition) is 1. The Bertz CT molecular complexity index is 1410. The average molecular weight is 559 g/mol. The highest BCUT2D eigenvalue weighted by atomic mass is 16.5. The fraction of sp³-hybridized carbons (Fsp3) is 0.281. The number of carbonyl (C=O) groups excluding carboxylic acids is 3. The van der Waals surface area contributed by atoms with E-state index in [9.17, 15) is 14.4 Å². The van der Waals surface area contributed by atoms with Gasteiger partial charge in [0.15, 0.2) is 11.5 Å². The monoisotopic (exact) mass is 558 g/mol. The Labute approximate surface area is 239 Å². The van der Waals surface area contributed by atoms with Crippen molar-refractivity contribution >= 4 is 29.6 Å². The Kier molecular flexibility index (Phi) is 9.63. The fourth-order valence-corrected chi connectivity index (χ4v) is 4.23. The van der Waals surface area contributed by atoms with Crippen LogP contribution in [-0.4, -0.2) is 44.8 Å². The van der Waals surface area contributed by atoms with E-state index in [1.54, 1.807) is 42.5 Å². The van der Waals surface area contributed by atoms with Gasteiger partial charge in [0.2, 0.25) is 0 Å². The molecule has 1 atom stereocenters. The summed E-state index contributed by atoms with van der Waals surface area (Å²) in [5.41, 5.74) is 1.92. The summed E-state index contributed by atoms with van der Waals surface area (Å²) in [7, 11) is 1.52. The first-order valence-corrected chi connectivity index (χ1v) is 13.5. The Morgan fingerprint density at radius 3 is 2.17 bits per heavy atom. The molecule has 0 spiro atoms. The summed E-state index contributed by atoms with van der Waals surface area (Å²) in [6.07, 6.45) is 2.50. The second kappa shape index (κ2) is 13.5. The molecule has 1 aliphatic heterocycles. The molecule has 9 nitrogen and oxygen atoms in total. The van der Waals surface area contributed by atoms with Gasteiger partial charge in [-0.15, -0.1) is 0 Å². The number of hydrogen-bond acceptors (Lipinski definition) is 7. The summed E-state index contributed by atoms with van der Waals surface area (Å²) in [5.74, 6) is 1.27. The van der Waals surface area contributed by atoms with E-state index in [2.05, 4.69) is 31.3 Å². The maximum absolute atomic E-state index is 13.2. The first-order chi connectivity index (χ1) is 19.8. The minimum Gasteiger partial charge on any atom is -0.497 e. The number of ether oxygens (including phenoxy) is 4. The van der Waals surface area contributed by atoms with Crippen molar-refractivity contribution in [3.05, 3.63) is 83.4 Å². The summed E-state index contributed by atoms with van der Waals surface area (Å²) in [5, 5.41) is 2.23. The number of anilines is 1. The van der Waals surface area contributed by atoms with Gasteiger partial charge < -0.3 is 18.9 Å². The first kappa shape index (κ1) is 29.2. The van der Waals surface area contributed by atoms with Crippen LogP contribution in [0.25, 0.3) is 6.08 Å². The van der Waals surface area contributed by atoms with Gasteiger partial charge in [-0.3, -0.25) is 14.9 Å². The molecule has 41 heavy (non-hydrogen) atoms. The Morgan fingerprint density at radius 1 is 0.829 bits per heavy atom. The lowest BCUT2D eigenvalue weighted by Gasteiger charge is -2.26. The molecule has 0 aliphatic carbocycles. The van der Waals surface area contributed by atoms with Crippen LogP contribution in [0.1, 0.15) is 44.2 Å². The zero-order chi connectivity index (χ0) is 29.4. The van der Waals surface area contributed by atoms with Gasteiger partial charge in [-0.2, -0.15) is 0 Å². The molecule has 4 amide bonds. The Balaban J connectivity index is 1.45. The van der Waals surface area contributed by atoms with Gasteiger partial charge in [-0.25, -0.2) is 9.69 Å². The largest absolute Gasteiger partial charge is 0.497 e. The topological polar surface area (TPSA) is 103 Å². The average Bonchev–Trinajstić information content (AvgIpc) is 2.98. The van der Waals surface area contributed by atoms with Crippen molar-refractivity contribution in [1.29, 1.82) is 0 Å². The molecule has 0 unspecified atom stereocenters. The van der Waals surface area contributed by atoms with Gasteiger partial charge in [0, 0.05) is 0 Å². The molecule has 0 aromatic heterocycles. The normalized spacial score (nSPS) is 15.0. The predicted octanol–water partition coefficient (Wildman–Crippen LogP) is 5.73. The maximum atomic E-state index is 13.2. The standard InChI is InChI=1S/C32H34N2O7/c1-5-21(3)23-8-12-26(13-9-23)40-17-18-41-28-16-7-22(20-29(28)39-6-2)19-27-30(35)33-32(37)34(31(27)36)24-10-14-25(38-4)15-11-24/h7-16,19-21H,5-6,17-18H2,1-4H3,(H,33,35,37)/b27-19-/t21-/m0/s1. The summed E-state index contributed by atoms with van der Waals surface area (Å²) in [6.45, 7) is 7.21. The van der Waals surface area contributed by atoms with Gasteiger partial charge in [0.1, 0.15) is 30.3 Å². The van der Waals surface area contributed by atoms with Crippen LogP contribution in [0.5, 0.6) is 23.0 Å². The van der Waals surface area contributed by atoms with E-state index in [-0.39, 0.29) is 12.2 Å². The van der Waals surface area contributed by atoms with E-state index in [0.717, 1.165) is 17.1 Å². The summed E-state index contributed by atoms with van der Waals surface area (Å²) in [4.78, 5) is 39.2. The smallest absolute Gasteiger partial charge is 0.335 e. The molecular weight excluding hydrogens is 524 g/mol.